The van der Waals surface area contributed by atoms with E-state index in [4.69, 9.17) is 10.5 Å². The number of anilines is 1. The Hall–Kier alpha value is -1.24. The zero-order chi connectivity index (χ0) is 12.5. The fourth-order valence-electron chi connectivity index (χ4n) is 2.27. The number of morpholine rings is 1. The molecule has 1 saturated heterocycles. The van der Waals surface area contributed by atoms with Crippen molar-refractivity contribution in [3.8, 4) is 0 Å². The quantitative estimate of drug-likeness (QED) is 0.882. The number of rotatable bonds is 2. The van der Waals surface area contributed by atoms with Crippen LogP contribution in [0.2, 0.25) is 0 Å². The molecule has 96 valence electrons. The lowest BCUT2D eigenvalue weighted by molar-refractivity contribution is 0.0464. The first-order chi connectivity index (χ1) is 8.78. The second-order valence-electron chi connectivity index (χ2n) is 4.45. The third-order valence-corrected chi connectivity index (χ3v) is 4.09. The van der Waals surface area contributed by atoms with E-state index in [9.17, 15) is 0 Å². The highest BCUT2D eigenvalue weighted by atomic mass is 32.1. The Labute approximate surface area is 110 Å². The van der Waals surface area contributed by atoms with Crippen molar-refractivity contribution in [1.29, 1.82) is 0 Å². The topological polar surface area (TPSA) is 64.3 Å². The van der Waals surface area contributed by atoms with Gasteiger partial charge < -0.3 is 15.4 Å². The van der Waals surface area contributed by atoms with Crippen LogP contribution in [0.4, 0.5) is 5.82 Å². The molecule has 1 fully saturated rings. The maximum Gasteiger partial charge on any atom is 0.140 e. The lowest BCUT2D eigenvalue weighted by Gasteiger charge is -2.33. The molecule has 2 aromatic heterocycles. The predicted octanol–water partition coefficient (Wildman–Crippen LogP) is 1.16. The van der Waals surface area contributed by atoms with Crippen molar-refractivity contribution in [2.24, 2.45) is 5.73 Å². The number of thiophene rings is 1. The van der Waals surface area contributed by atoms with E-state index >= 15 is 0 Å². The molecule has 0 aromatic carbocycles. The van der Waals surface area contributed by atoms with Crippen LogP contribution in [-0.4, -0.2) is 42.3 Å². The Morgan fingerprint density at radius 1 is 1.56 bits per heavy atom. The highest BCUT2D eigenvalue weighted by Gasteiger charge is 2.22. The van der Waals surface area contributed by atoms with Gasteiger partial charge in [-0.25, -0.2) is 9.97 Å². The minimum Gasteiger partial charge on any atom is -0.373 e. The molecule has 0 spiro atoms. The number of aryl methyl sites for hydroxylation is 1. The lowest BCUT2D eigenvalue weighted by Crippen LogP contribution is -2.46. The molecular weight excluding hydrogens is 248 g/mol. The van der Waals surface area contributed by atoms with Crippen LogP contribution >= 0.6 is 11.3 Å². The summed E-state index contributed by atoms with van der Waals surface area (Å²) in [6, 6.07) is 2.16. The highest BCUT2D eigenvalue weighted by molar-refractivity contribution is 7.18. The molecule has 18 heavy (non-hydrogen) atoms. The normalized spacial score (nSPS) is 20.6. The molecule has 0 amide bonds. The summed E-state index contributed by atoms with van der Waals surface area (Å²) in [5.41, 5.74) is 5.68. The molecule has 1 atom stereocenters. The molecule has 2 aromatic rings. The molecule has 0 aliphatic carbocycles. The van der Waals surface area contributed by atoms with Crippen molar-refractivity contribution >= 4 is 27.4 Å². The standard InChI is InChI=1S/C12H16N4OS/c1-8-4-10-11(14-7-15-12(10)18-8)16-2-3-17-9(5-13)6-16/h4,7,9H,2-3,5-6,13H2,1H3. The minimum absolute atomic E-state index is 0.100. The number of hydrogen-bond acceptors (Lipinski definition) is 6. The first-order valence-corrected chi connectivity index (χ1v) is 6.87. The molecular formula is C12H16N4OS. The Kier molecular flexibility index (Phi) is 3.15. The second kappa shape index (κ2) is 4.79. The molecule has 1 aliphatic rings. The summed E-state index contributed by atoms with van der Waals surface area (Å²) in [6.45, 7) is 5.01. The van der Waals surface area contributed by atoms with E-state index < -0.39 is 0 Å². The predicted molar refractivity (Wildman–Crippen MR) is 73.2 cm³/mol. The SMILES string of the molecule is Cc1cc2c(N3CCOC(CN)C3)ncnc2s1. The van der Waals surface area contributed by atoms with Crippen molar-refractivity contribution < 1.29 is 4.74 Å². The van der Waals surface area contributed by atoms with E-state index in [0.717, 1.165) is 29.1 Å². The highest BCUT2D eigenvalue weighted by Crippen LogP contribution is 2.30. The molecule has 5 nitrogen and oxygen atoms in total. The van der Waals surface area contributed by atoms with Crippen LogP contribution in [0.1, 0.15) is 4.88 Å². The smallest absolute Gasteiger partial charge is 0.140 e. The molecule has 1 aliphatic heterocycles. The fourth-order valence-corrected chi connectivity index (χ4v) is 3.11. The summed E-state index contributed by atoms with van der Waals surface area (Å²) in [4.78, 5) is 13.3. The van der Waals surface area contributed by atoms with Crippen LogP contribution in [0, 0.1) is 6.92 Å². The van der Waals surface area contributed by atoms with E-state index in [1.807, 2.05) is 0 Å². The number of ether oxygens (including phenoxy) is 1. The van der Waals surface area contributed by atoms with Gasteiger partial charge in [0.1, 0.15) is 17.0 Å². The summed E-state index contributed by atoms with van der Waals surface area (Å²) in [5.74, 6) is 1.01. The maximum absolute atomic E-state index is 5.68. The summed E-state index contributed by atoms with van der Waals surface area (Å²) in [5, 5.41) is 1.14. The van der Waals surface area contributed by atoms with Crippen LogP contribution in [0.15, 0.2) is 12.4 Å². The van der Waals surface area contributed by atoms with Gasteiger partial charge in [0.15, 0.2) is 0 Å². The fraction of sp³-hybridized carbons (Fsp3) is 0.500. The van der Waals surface area contributed by atoms with E-state index in [0.29, 0.717) is 13.2 Å². The van der Waals surface area contributed by atoms with Crippen LogP contribution in [0.25, 0.3) is 10.2 Å². The summed E-state index contributed by atoms with van der Waals surface area (Å²) < 4.78 is 5.59. The van der Waals surface area contributed by atoms with Crippen LogP contribution in [0.3, 0.4) is 0 Å². The Morgan fingerprint density at radius 2 is 2.44 bits per heavy atom. The van der Waals surface area contributed by atoms with Crippen LogP contribution in [0.5, 0.6) is 0 Å². The molecule has 0 saturated carbocycles. The number of nitrogens with two attached hydrogens (primary N) is 1. The lowest BCUT2D eigenvalue weighted by atomic mass is 10.2. The van der Waals surface area contributed by atoms with Gasteiger partial charge in [-0.3, -0.25) is 0 Å². The first-order valence-electron chi connectivity index (χ1n) is 6.05. The van der Waals surface area contributed by atoms with E-state index in [-0.39, 0.29) is 6.10 Å². The van der Waals surface area contributed by atoms with Crippen LogP contribution in [-0.2, 0) is 4.74 Å². The zero-order valence-electron chi connectivity index (χ0n) is 10.3. The summed E-state index contributed by atoms with van der Waals surface area (Å²) in [6.07, 6.45) is 1.74. The van der Waals surface area contributed by atoms with Gasteiger partial charge in [0.05, 0.1) is 18.1 Å². The number of nitrogens with zero attached hydrogens (tertiary/aromatic N) is 3. The van der Waals surface area contributed by atoms with E-state index in [2.05, 4.69) is 27.9 Å². The van der Waals surface area contributed by atoms with Crippen molar-refractivity contribution in [3.05, 3.63) is 17.3 Å². The number of aromatic nitrogens is 2. The molecule has 3 heterocycles. The Bertz CT molecular complexity index is 556. The van der Waals surface area contributed by atoms with Gasteiger partial charge in [-0.1, -0.05) is 0 Å². The molecule has 0 bridgehead atoms. The maximum atomic E-state index is 5.68. The largest absolute Gasteiger partial charge is 0.373 e. The minimum atomic E-state index is 0.100. The van der Waals surface area contributed by atoms with E-state index in [1.165, 1.54) is 4.88 Å². The van der Waals surface area contributed by atoms with Gasteiger partial charge in [-0.05, 0) is 13.0 Å². The average molecular weight is 264 g/mol. The number of hydrogen-bond donors (Lipinski definition) is 1. The van der Waals surface area contributed by atoms with Gasteiger partial charge in [0, 0.05) is 24.5 Å². The van der Waals surface area contributed by atoms with Gasteiger partial charge in [-0.15, -0.1) is 11.3 Å². The third-order valence-electron chi connectivity index (χ3n) is 3.13. The van der Waals surface area contributed by atoms with Gasteiger partial charge in [0.25, 0.3) is 0 Å². The first kappa shape index (κ1) is 11.8. The average Bonchev–Trinajstić information content (AvgIpc) is 2.78. The van der Waals surface area contributed by atoms with Gasteiger partial charge in [0.2, 0.25) is 0 Å². The van der Waals surface area contributed by atoms with Crippen molar-refractivity contribution in [2.75, 3.05) is 31.1 Å². The second-order valence-corrected chi connectivity index (χ2v) is 5.68. The van der Waals surface area contributed by atoms with Crippen molar-refractivity contribution in [2.45, 2.75) is 13.0 Å². The van der Waals surface area contributed by atoms with Crippen LogP contribution < -0.4 is 10.6 Å². The number of fused-ring (bicyclic) bond motifs is 1. The van der Waals surface area contributed by atoms with Gasteiger partial charge in [-0.2, -0.15) is 0 Å². The van der Waals surface area contributed by atoms with E-state index in [1.54, 1.807) is 17.7 Å². The summed E-state index contributed by atoms with van der Waals surface area (Å²) >= 11 is 1.70. The van der Waals surface area contributed by atoms with Crippen molar-refractivity contribution in [3.63, 3.8) is 0 Å². The molecule has 6 heteroatoms. The Balaban J connectivity index is 1.98. The van der Waals surface area contributed by atoms with Gasteiger partial charge >= 0.3 is 0 Å². The summed E-state index contributed by atoms with van der Waals surface area (Å²) in [7, 11) is 0. The molecule has 1 unspecified atom stereocenters. The molecule has 3 rings (SSSR count). The monoisotopic (exact) mass is 264 g/mol. The Morgan fingerprint density at radius 3 is 3.28 bits per heavy atom. The zero-order valence-corrected chi connectivity index (χ0v) is 11.1. The van der Waals surface area contributed by atoms with Crippen molar-refractivity contribution in [1.82, 2.24) is 9.97 Å². The third kappa shape index (κ3) is 2.07. The molecule has 0 radical (unpaired) electrons. The molecule has 2 N–H and O–H groups in total.